The zero-order chi connectivity index (χ0) is 9.14. The lowest BCUT2D eigenvalue weighted by Crippen LogP contribution is -2.47. The summed E-state index contributed by atoms with van der Waals surface area (Å²) >= 11 is 0. The van der Waals surface area contributed by atoms with Gasteiger partial charge in [-0.1, -0.05) is 6.92 Å². The molecule has 0 radical (unpaired) electrons. The number of aromatic carboxylic acids is 1. The molecule has 3 N–H and O–H groups in total. The molecule has 0 amide bonds. The lowest BCUT2D eigenvalue weighted by Gasteiger charge is -1.94. The maximum atomic E-state index is 10.4. The third kappa shape index (κ3) is 1.48. The third-order valence-electron chi connectivity index (χ3n) is 1.69. The van der Waals surface area contributed by atoms with Crippen molar-refractivity contribution in [1.29, 1.82) is 0 Å². The van der Waals surface area contributed by atoms with Crippen LogP contribution in [0.3, 0.4) is 0 Å². The van der Waals surface area contributed by atoms with E-state index in [2.05, 4.69) is 5.73 Å². The maximum Gasteiger partial charge on any atom is 0.150 e. The highest BCUT2D eigenvalue weighted by Crippen LogP contribution is 2.14. The molecule has 0 atom stereocenters. The summed E-state index contributed by atoms with van der Waals surface area (Å²) in [5.74, 6) is -0.695. The minimum absolute atomic E-state index is 0.106. The van der Waals surface area contributed by atoms with Crippen molar-refractivity contribution in [1.82, 2.24) is 0 Å². The first kappa shape index (κ1) is 8.80. The predicted molar refractivity (Wildman–Crippen MR) is 39.0 cm³/mol. The van der Waals surface area contributed by atoms with Crippen LogP contribution in [0.5, 0.6) is 0 Å². The molecule has 0 bridgehead atoms. The zero-order valence-corrected chi connectivity index (χ0v) is 6.92. The molecule has 0 fully saturated rings. The van der Waals surface area contributed by atoms with Gasteiger partial charge in [-0.25, -0.2) is 0 Å². The number of carbonyl (C=O) groups excluding carboxylic acids is 1. The first-order chi connectivity index (χ1) is 5.69. The van der Waals surface area contributed by atoms with Gasteiger partial charge in [0, 0.05) is 12.0 Å². The van der Waals surface area contributed by atoms with Crippen molar-refractivity contribution < 1.29 is 20.1 Å². The third-order valence-corrected chi connectivity index (χ3v) is 1.69. The van der Waals surface area contributed by atoms with Crippen LogP contribution in [0, 0.1) is 0 Å². The van der Waals surface area contributed by atoms with Crippen LogP contribution in [0.1, 0.15) is 28.8 Å². The lowest BCUT2D eigenvalue weighted by molar-refractivity contribution is -0.386. The summed E-state index contributed by atoms with van der Waals surface area (Å²) in [7, 11) is 0. The molecule has 4 heteroatoms. The van der Waals surface area contributed by atoms with E-state index in [1.807, 2.05) is 6.92 Å². The SMILES string of the molecule is CCc1oc(C(=O)[O-])cc1C[NH3+]. The number of carboxylic acid groups (broad SMARTS) is 1. The number of furan rings is 1. The number of aryl methyl sites for hydroxylation is 1. The molecule has 0 saturated heterocycles. The van der Waals surface area contributed by atoms with Crippen LogP contribution in [-0.2, 0) is 13.0 Å². The fourth-order valence-corrected chi connectivity index (χ4v) is 1.08. The molecule has 0 aliphatic carbocycles. The number of hydrogen-bond acceptors (Lipinski definition) is 3. The second-order valence-corrected chi connectivity index (χ2v) is 2.45. The van der Waals surface area contributed by atoms with E-state index in [4.69, 9.17) is 4.42 Å². The largest absolute Gasteiger partial charge is 0.542 e. The van der Waals surface area contributed by atoms with Gasteiger partial charge in [0.15, 0.2) is 0 Å². The molecule has 1 aromatic rings. The van der Waals surface area contributed by atoms with E-state index < -0.39 is 5.97 Å². The summed E-state index contributed by atoms with van der Waals surface area (Å²) < 4.78 is 5.01. The van der Waals surface area contributed by atoms with E-state index in [-0.39, 0.29) is 5.76 Å². The molecule has 0 aliphatic heterocycles. The van der Waals surface area contributed by atoms with Crippen molar-refractivity contribution in [3.05, 3.63) is 23.2 Å². The average molecular weight is 169 g/mol. The fourth-order valence-electron chi connectivity index (χ4n) is 1.08. The molecule has 0 aromatic carbocycles. The minimum Gasteiger partial charge on any atom is -0.542 e. The summed E-state index contributed by atoms with van der Waals surface area (Å²) in [5.41, 5.74) is 4.51. The number of rotatable bonds is 3. The Bertz CT molecular complexity index is 269. The smallest absolute Gasteiger partial charge is 0.150 e. The molecule has 0 spiro atoms. The van der Waals surface area contributed by atoms with Gasteiger partial charge in [0.05, 0.1) is 0 Å². The second kappa shape index (κ2) is 3.40. The Balaban J connectivity index is 3.05. The van der Waals surface area contributed by atoms with Gasteiger partial charge in [0.25, 0.3) is 0 Å². The van der Waals surface area contributed by atoms with Crippen LogP contribution in [0.2, 0.25) is 0 Å². The van der Waals surface area contributed by atoms with Crippen LogP contribution >= 0.6 is 0 Å². The van der Waals surface area contributed by atoms with Gasteiger partial charge in [-0.05, 0) is 6.07 Å². The molecule has 0 unspecified atom stereocenters. The fraction of sp³-hybridized carbons (Fsp3) is 0.375. The van der Waals surface area contributed by atoms with Gasteiger partial charge >= 0.3 is 0 Å². The van der Waals surface area contributed by atoms with E-state index in [9.17, 15) is 9.90 Å². The molecule has 0 saturated carbocycles. The van der Waals surface area contributed by atoms with Gasteiger partial charge in [-0.3, -0.25) is 0 Å². The van der Waals surface area contributed by atoms with Crippen molar-refractivity contribution in [2.75, 3.05) is 0 Å². The van der Waals surface area contributed by atoms with Gasteiger partial charge in [-0.2, -0.15) is 0 Å². The van der Waals surface area contributed by atoms with Crippen LogP contribution in [0.25, 0.3) is 0 Å². The first-order valence-corrected chi connectivity index (χ1v) is 3.81. The van der Waals surface area contributed by atoms with Crippen molar-refractivity contribution in [3.8, 4) is 0 Å². The standard InChI is InChI=1S/C8H11NO3/c1-2-6-5(4-9)3-7(12-6)8(10)11/h3H,2,4,9H2,1H3,(H,10,11). The summed E-state index contributed by atoms with van der Waals surface area (Å²) in [6, 6.07) is 1.47. The first-order valence-electron chi connectivity index (χ1n) is 3.81. The normalized spacial score (nSPS) is 10.2. The van der Waals surface area contributed by atoms with Crippen molar-refractivity contribution in [2.45, 2.75) is 19.9 Å². The van der Waals surface area contributed by atoms with Gasteiger partial charge < -0.3 is 20.1 Å². The molecular formula is C8H11NO3. The summed E-state index contributed by atoms with van der Waals surface area (Å²) in [6.45, 7) is 2.44. The van der Waals surface area contributed by atoms with Crippen LogP contribution in [0.4, 0.5) is 0 Å². The van der Waals surface area contributed by atoms with Gasteiger partial charge in [-0.15, -0.1) is 0 Å². The number of carbonyl (C=O) groups is 1. The van der Waals surface area contributed by atoms with E-state index in [1.54, 1.807) is 0 Å². The Morgan fingerprint density at radius 1 is 1.75 bits per heavy atom. The molecule has 1 rings (SSSR count). The summed E-state index contributed by atoms with van der Waals surface area (Å²) in [5, 5.41) is 10.4. The Hall–Kier alpha value is -1.29. The van der Waals surface area contributed by atoms with E-state index >= 15 is 0 Å². The highest BCUT2D eigenvalue weighted by Gasteiger charge is 2.09. The van der Waals surface area contributed by atoms with E-state index in [0.29, 0.717) is 18.7 Å². The molecule has 12 heavy (non-hydrogen) atoms. The maximum absolute atomic E-state index is 10.4. The number of carboxylic acids is 1. The van der Waals surface area contributed by atoms with Crippen LogP contribution < -0.4 is 10.8 Å². The zero-order valence-electron chi connectivity index (χ0n) is 6.92. The number of hydrogen-bond donors (Lipinski definition) is 1. The highest BCUT2D eigenvalue weighted by molar-refractivity contribution is 5.82. The lowest BCUT2D eigenvalue weighted by atomic mass is 10.2. The predicted octanol–water partition coefficient (Wildman–Crippen LogP) is -1.05. The Labute approximate surface area is 70.0 Å². The molecule has 1 aromatic heterocycles. The Kier molecular flexibility index (Phi) is 2.50. The quantitative estimate of drug-likeness (QED) is 0.626. The summed E-state index contributed by atoms with van der Waals surface area (Å²) in [6.07, 6.45) is 0.679. The van der Waals surface area contributed by atoms with Crippen molar-refractivity contribution in [2.24, 2.45) is 0 Å². The van der Waals surface area contributed by atoms with Crippen LogP contribution in [-0.4, -0.2) is 5.97 Å². The van der Waals surface area contributed by atoms with Crippen molar-refractivity contribution >= 4 is 5.97 Å². The van der Waals surface area contributed by atoms with E-state index in [1.165, 1.54) is 6.07 Å². The topological polar surface area (TPSA) is 80.9 Å². The molecular weight excluding hydrogens is 158 g/mol. The Morgan fingerprint density at radius 2 is 2.42 bits per heavy atom. The minimum atomic E-state index is -1.27. The van der Waals surface area contributed by atoms with Crippen LogP contribution in [0.15, 0.2) is 10.5 Å². The molecule has 1 heterocycles. The van der Waals surface area contributed by atoms with Crippen molar-refractivity contribution in [3.63, 3.8) is 0 Å². The second-order valence-electron chi connectivity index (χ2n) is 2.45. The molecule has 66 valence electrons. The van der Waals surface area contributed by atoms with Gasteiger partial charge in [0.1, 0.15) is 24.0 Å². The highest BCUT2D eigenvalue weighted by atomic mass is 16.4. The van der Waals surface area contributed by atoms with E-state index in [0.717, 1.165) is 5.56 Å². The number of quaternary nitrogens is 1. The summed E-state index contributed by atoms with van der Waals surface area (Å²) in [4.78, 5) is 10.4. The molecule has 4 nitrogen and oxygen atoms in total. The molecule has 0 aliphatic rings. The Morgan fingerprint density at radius 3 is 2.75 bits per heavy atom. The average Bonchev–Trinajstić information content (AvgIpc) is 2.46. The monoisotopic (exact) mass is 169 g/mol. The van der Waals surface area contributed by atoms with Gasteiger partial charge in [0.2, 0.25) is 0 Å².